The first kappa shape index (κ1) is 9.21. The molecule has 0 bridgehead atoms. The Morgan fingerprint density at radius 1 is 1.80 bits per heavy atom. The number of hydrogen-bond acceptors (Lipinski definition) is 1. The molecular formula is C8H15NO. The Kier molecular flexibility index (Phi) is 4.63. The number of carbonyl (C=O) groups is 1. The summed E-state index contributed by atoms with van der Waals surface area (Å²) in [6.07, 6.45) is 3.81. The molecule has 0 rings (SSSR count). The highest BCUT2D eigenvalue weighted by atomic mass is 16.1. The van der Waals surface area contributed by atoms with Gasteiger partial charge in [-0.2, -0.15) is 0 Å². The van der Waals surface area contributed by atoms with Gasteiger partial charge in [0.2, 0.25) is 5.91 Å². The summed E-state index contributed by atoms with van der Waals surface area (Å²) in [5.74, 6) is 0.0124. The minimum atomic E-state index is 0.0124. The molecule has 2 heteroatoms. The second kappa shape index (κ2) is 5.03. The Balaban J connectivity index is 3.59. The number of amides is 1. The van der Waals surface area contributed by atoms with Crippen LogP contribution in [0.5, 0.6) is 0 Å². The SMILES string of the molecule is C=CC(CCC)NC(C)=O. The van der Waals surface area contributed by atoms with Crippen molar-refractivity contribution in [1.82, 2.24) is 5.32 Å². The second-order valence-electron chi connectivity index (χ2n) is 2.33. The Labute approximate surface area is 62.3 Å². The highest BCUT2D eigenvalue weighted by Gasteiger charge is 2.01. The normalized spacial score (nSPS) is 12.2. The summed E-state index contributed by atoms with van der Waals surface area (Å²) in [5, 5.41) is 2.77. The molecule has 0 radical (unpaired) electrons. The van der Waals surface area contributed by atoms with Crippen LogP contribution < -0.4 is 5.32 Å². The maximum atomic E-state index is 10.5. The van der Waals surface area contributed by atoms with Crippen molar-refractivity contribution in [2.45, 2.75) is 32.7 Å². The minimum absolute atomic E-state index is 0.0124. The van der Waals surface area contributed by atoms with E-state index in [2.05, 4.69) is 18.8 Å². The van der Waals surface area contributed by atoms with Gasteiger partial charge in [-0.3, -0.25) is 4.79 Å². The molecule has 0 heterocycles. The first-order chi connectivity index (χ1) is 4.70. The summed E-state index contributed by atoms with van der Waals surface area (Å²) < 4.78 is 0. The number of nitrogens with one attached hydrogen (secondary N) is 1. The summed E-state index contributed by atoms with van der Waals surface area (Å²) in [6, 6.07) is 0.155. The van der Waals surface area contributed by atoms with Crippen molar-refractivity contribution in [2.75, 3.05) is 0 Å². The Bertz CT molecular complexity index is 120. The summed E-state index contributed by atoms with van der Waals surface area (Å²) >= 11 is 0. The Morgan fingerprint density at radius 2 is 2.40 bits per heavy atom. The van der Waals surface area contributed by atoms with Crippen molar-refractivity contribution >= 4 is 5.91 Å². The van der Waals surface area contributed by atoms with Gasteiger partial charge >= 0.3 is 0 Å². The molecule has 0 spiro atoms. The zero-order valence-corrected chi connectivity index (χ0v) is 6.68. The molecule has 10 heavy (non-hydrogen) atoms. The van der Waals surface area contributed by atoms with Crippen molar-refractivity contribution in [3.63, 3.8) is 0 Å². The van der Waals surface area contributed by atoms with Gasteiger partial charge in [0.05, 0.1) is 0 Å². The quantitative estimate of drug-likeness (QED) is 0.590. The van der Waals surface area contributed by atoms with E-state index < -0.39 is 0 Å². The van der Waals surface area contributed by atoms with E-state index in [9.17, 15) is 4.79 Å². The number of rotatable bonds is 4. The predicted octanol–water partition coefficient (Wildman–Crippen LogP) is 1.48. The summed E-state index contributed by atoms with van der Waals surface area (Å²) in [7, 11) is 0. The maximum Gasteiger partial charge on any atom is 0.217 e. The lowest BCUT2D eigenvalue weighted by molar-refractivity contribution is -0.119. The van der Waals surface area contributed by atoms with Crippen molar-refractivity contribution in [3.8, 4) is 0 Å². The highest BCUT2D eigenvalue weighted by Crippen LogP contribution is 1.96. The first-order valence-electron chi connectivity index (χ1n) is 3.60. The van der Waals surface area contributed by atoms with Gasteiger partial charge in [-0.15, -0.1) is 6.58 Å². The molecule has 1 atom stereocenters. The topological polar surface area (TPSA) is 29.1 Å². The van der Waals surface area contributed by atoms with Crippen LogP contribution in [0.15, 0.2) is 12.7 Å². The zero-order chi connectivity index (χ0) is 7.98. The molecule has 1 unspecified atom stereocenters. The van der Waals surface area contributed by atoms with Gasteiger partial charge in [0.1, 0.15) is 0 Å². The van der Waals surface area contributed by atoms with Gasteiger partial charge in [-0.1, -0.05) is 19.4 Å². The largest absolute Gasteiger partial charge is 0.350 e. The monoisotopic (exact) mass is 141 g/mol. The molecule has 0 aliphatic rings. The molecule has 0 aromatic carbocycles. The molecule has 0 aliphatic carbocycles. The van der Waals surface area contributed by atoms with Crippen molar-refractivity contribution in [2.24, 2.45) is 0 Å². The third-order valence-electron chi connectivity index (χ3n) is 1.27. The standard InChI is InChI=1S/C8H15NO/c1-4-6-8(5-2)9-7(3)10/h5,8H,2,4,6H2,1,3H3,(H,9,10). The summed E-state index contributed by atoms with van der Waals surface area (Å²) in [4.78, 5) is 10.5. The van der Waals surface area contributed by atoms with Crippen LogP contribution in [0.3, 0.4) is 0 Å². The molecule has 0 fully saturated rings. The van der Waals surface area contributed by atoms with Crippen molar-refractivity contribution in [3.05, 3.63) is 12.7 Å². The molecule has 2 nitrogen and oxygen atoms in total. The van der Waals surface area contributed by atoms with Crippen LogP contribution in [0.2, 0.25) is 0 Å². The first-order valence-corrected chi connectivity index (χ1v) is 3.60. The maximum absolute atomic E-state index is 10.5. The van der Waals surface area contributed by atoms with Crippen LogP contribution in [-0.4, -0.2) is 11.9 Å². The smallest absolute Gasteiger partial charge is 0.217 e. The van der Waals surface area contributed by atoms with Crippen LogP contribution in [0.1, 0.15) is 26.7 Å². The number of hydrogen-bond donors (Lipinski definition) is 1. The van der Waals surface area contributed by atoms with Gasteiger partial charge in [-0.05, 0) is 6.42 Å². The lowest BCUT2D eigenvalue weighted by Crippen LogP contribution is -2.30. The molecule has 1 N–H and O–H groups in total. The summed E-state index contributed by atoms with van der Waals surface area (Å²) in [5.41, 5.74) is 0. The lowest BCUT2D eigenvalue weighted by Gasteiger charge is -2.10. The molecule has 0 saturated carbocycles. The van der Waals surface area contributed by atoms with Gasteiger partial charge in [-0.25, -0.2) is 0 Å². The zero-order valence-electron chi connectivity index (χ0n) is 6.68. The minimum Gasteiger partial charge on any atom is -0.350 e. The van der Waals surface area contributed by atoms with Gasteiger partial charge in [0, 0.05) is 13.0 Å². The molecule has 1 amide bonds. The lowest BCUT2D eigenvalue weighted by atomic mass is 10.2. The fourth-order valence-corrected chi connectivity index (χ4v) is 0.821. The Hall–Kier alpha value is -0.790. The summed E-state index contributed by atoms with van der Waals surface area (Å²) in [6.45, 7) is 7.22. The fraction of sp³-hybridized carbons (Fsp3) is 0.625. The molecular weight excluding hydrogens is 126 g/mol. The van der Waals surface area contributed by atoms with Crippen LogP contribution in [0.25, 0.3) is 0 Å². The van der Waals surface area contributed by atoms with Gasteiger partial charge in [0.25, 0.3) is 0 Å². The van der Waals surface area contributed by atoms with E-state index in [1.165, 1.54) is 6.92 Å². The van der Waals surface area contributed by atoms with E-state index in [4.69, 9.17) is 0 Å². The van der Waals surface area contributed by atoms with Crippen LogP contribution in [0, 0.1) is 0 Å². The average Bonchev–Trinajstić information content (AvgIpc) is 1.86. The number of carbonyl (C=O) groups excluding carboxylic acids is 1. The van der Waals surface area contributed by atoms with Crippen LogP contribution in [-0.2, 0) is 4.79 Å². The third kappa shape index (κ3) is 4.13. The predicted molar refractivity (Wildman–Crippen MR) is 42.7 cm³/mol. The van der Waals surface area contributed by atoms with E-state index in [1.807, 2.05) is 0 Å². The molecule has 58 valence electrons. The van der Waals surface area contributed by atoms with Crippen LogP contribution in [0.4, 0.5) is 0 Å². The molecule has 0 aliphatic heterocycles. The van der Waals surface area contributed by atoms with Crippen molar-refractivity contribution < 1.29 is 4.79 Å². The van der Waals surface area contributed by atoms with E-state index in [-0.39, 0.29) is 11.9 Å². The van der Waals surface area contributed by atoms with E-state index in [0.29, 0.717) is 0 Å². The molecule has 0 saturated heterocycles. The van der Waals surface area contributed by atoms with Crippen molar-refractivity contribution in [1.29, 1.82) is 0 Å². The molecule has 0 aromatic heterocycles. The van der Waals surface area contributed by atoms with E-state index >= 15 is 0 Å². The van der Waals surface area contributed by atoms with E-state index in [0.717, 1.165) is 12.8 Å². The average molecular weight is 141 g/mol. The highest BCUT2D eigenvalue weighted by molar-refractivity contribution is 5.73. The second-order valence-corrected chi connectivity index (χ2v) is 2.33. The van der Waals surface area contributed by atoms with Gasteiger partial charge < -0.3 is 5.32 Å². The Morgan fingerprint density at radius 3 is 2.70 bits per heavy atom. The third-order valence-corrected chi connectivity index (χ3v) is 1.27. The van der Waals surface area contributed by atoms with Crippen LogP contribution >= 0.6 is 0 Å². The van der Waals surface area contributed by atoms with Gasteiger partial charge in [0.15, 0.2) is 0 Å². The molecule has 0 aromatic rings. The van der Waals surface area contributed by atoms with E-state index in [1.54, 1.807) is 6.08 Å². The fourth-order valence-electron chi connectivity index (χ4n) is 0.821.